The van der Waals surface area contributed by atoms with Crippen LogP contribution in [0.4, 0.5) is 0 Å². The van der Waals surface area contributed by atoms with Crippen molar-refractivity contribution in [3.8, 4) is 0 Å². The first kappa shape index (κ1) is 12.2. The predicted molar refractivity (Wildman–Crippen MR) is 58.7 cm³/mol. The Balaban J connectivity index is 2.70. The van der Waals surface area contributed by atoms with Crippen LogP contribution in [0, 0.1) is 0 Å². The summed E-state index contributed by atoms with van der Waals surface area (Å²) in [4.78, 5) is 4.22. The van der Waals surface area contributed by atoms with Crippen molar-refractivity contribution >= 4 is 0 Å². The Morgan fingerprint density at radius 2 is 2.27 bits per heavy atom. The van der Waals surface area contributed by atoms with Crippen LogP contribution in [-0.4, -0.2) is 33.5 Å². The summed E-state index contributed by atoms with van der Waals surface area (Å²) in [6, 6.07) is 0. The smallest absolute Gasteiger partial charge is 0.111 e. The molecule has 1 aromatic rings. The van der Waals surface area contributed by atoms with Gasteiger partial charge in [0.2, 0.25) is 0 Å². The lowest BCUT2D eigenvalue weighted by atomic mass is 9.98. The molecule has 1 N–H and O–H groups in total. The van der Waals surface area contributed by atoms with Gasteiger partial charge in [-0.25, -0.2) is 4.98 Å². The zero-order valence-corrected chi connectivity index (χ0v) is 9.90. The van der Waals surface area contributed by atoms with Gasteiger partial charge in [0.25, 0.3) is 0 Å². The molecular formula is C11H20N2O2. The number of ether oxygens (including phenoxy) is 1. The molecule has 0 saturated heterocycles. The maximum absolute atomic E-state index is 9.99. The third kappa shape index (κ3) is 2.79. The fourth-order valence-corrected chi connectivity index (χ4v) is 1.37. The molecule has 0 amide bonds. The number of rotatable bonds is 5. The van der Waals surface area contributed by atoms with Gasteiger partial charge in [-0.15, -0.1) is 0 Å². The van der Waals surface area contributed by atoms with E-state index < -0.39 is 11.7 Å². The Kier molecular flexibility index (Phi) is 3.88. The van der Waals surface area contributed by atoms with E-state index in [-0.39, 0.29) is 0 Å². The number of aromatic nitrogens is 2. The van der Waals surface area contributed by atoms with Crippen molar-refractivity contribution in [2.75, 3.05) is 7.11 Å². The van der Waals surface area contributed by atoms with Gasteiger partial charge in [-0.1, -0.05) is 0 Å². The zero-order chi connectivity index (χ0) is 11.5. The standard InChI is InChI=1S/C11H20N2O2/c1-5-13-7-6-12-10(13)8-9(14)11(2,3)15-4/h6-7,9,14H,5,8H2,1-4H3. The Bertz CT molecular complexity index is 307. The molecule has 0 radical (unpaired) electrons. The minimum Gasteiger partial charge on any atom is -0.390 e. The van der Waals surface area contributed by atoms with Gasteiger partial charge < -0.3 is 14.4 Å². The molecule has 86 valence electrons. The average Bonchev–Trinajstić information content (AvgIpc) is 2.65. The Hall–Kier alpha value is -0.870. The fraction of sp³-hybridized carbons (Fsp3) is 0.727. The highest BCUT2D eigenvalue weighted by molar-refractivity contribution is 4.97. The molecule has 0 aliphatic heterocycles. The molecule has 0 aromatic carbocycles. The quantitative estimate of drug-likeness (QED) is 0.798. The number of nitrogens with zero attached hydrogens (tertiary/aromatic N) is 2. The van der Waals surface area contributed by atoms with Crippen LogP contribution in [-0.2, 0) is 17.7 Å². The lowest BCUT2D eigenvalue weighted by Crippen LogP contribution is -2.40. The number of aliphatic hydroxyl groups is 1. The normalized spacial score (nSPS) is 14.2. The van der Waals surface area contributed by atoms with Crippen molar-refractivity contribution in [3.63, 3.8) is 0 Å². The van der Waals surface area contributed by atoms with Crippen LogP contribution < -0.4 is 0 Å². The summed E-state index contributed by atoms with van der Waals surface area (Å²) in [6.07, 6.45) is 3.64. The molecular weight excluding hydrogens is 192 g/mol. The molecule has 1 rings (SSSR count). The Labute approximate surface area is 90.9 Å². The van der Waals surface area contributed by atoms with E-state index in [4.69, 9.17) is 4.74 Å². The number of methoxy groups -OCH3 is 1. The van der Waals surface area contributed by atoms with E-state index in [1.54, 1.807) is 13.3 Å². The highest BCUT2D eigenvalue weighted by atomic mass is 16.5. The van der Waals surface area contributed by atoms with Gasteiger partial charge in [0, 0.05) is 32.5 Å². The Morgan fingerprint density at radius 1 is 1.60 bits per heavy atom. The summed E-state index contributed by atoms with van der Waals surface area (Å²) in [5.41, 5.74) is -0.537. The van der Waals surface area contributed by atoms with Gasteiger partial charge in [-0.05, 0) is 20.8 Å². The topological polar surface area (TPSA) is 47.3 Å². The monoisotopic (exact) mass is 212 g/mol. The van der Waals surface area contributed by atoms with Crippen LogP contribution >= 0.6 is 0 Å². The van der Waals surface area contributed by atoms with E-state index in [0.29, 0.717) is 6.42 Å². The van der Waals surface area contributed by atoms with Crippen LogP contribution in [0.3, 0.4) is 0 Å². The number of hydrogen-bond acceptors (Lipinski definition) is 3. The molecule has 1 unspecified atom stereocenters. The van der Waals surface area contributed by atoms with E-state index in [1.807, 2.05) is 24.6 Å². The minimum atomic E-state index is -0.546. The second-order valence-electron chi connectivity index (χ2n) is 4.16. The van der Waals surface area contributed by atoms with Crippen LogP contribution in [0.1, 0.15) is 26.6 Å². The second kappa shape index (κ2) is 4.77. The maximum atomic E-state index is 9.99. The lowest BCUT2D eigenvalue weighted by Gasteiger charge is -2.28. The third-order valence-electron chi connectivity index (χ3n) is 2.85. The third-order valence-corrected chi connectivity index (χ3v) is 2.85. The van der Waals surface area contributed by atoms with E-state index in [1.165, 1.54) is 0 Å². The number of aliphatic hydroxyl groups excluding tert-OH is 1. The molecule has 1 heterocycles. The van der Waals surface area contributed by atoms with Gasteiger partial charge in [-0.2, -0.15) is 0 Å². The average molecular weight is 212 g/mol. The number of imidazole rings is 1. The Morgan fingerprint density at radius 3 is 2.80 bits per heavy atom. The van der Waals surface area contributed by atoms with E-state index in [9.17, 15) is 5.11 Å². The first-order valence-corrected chi connectivity index (χ1v) is 5.24. The van der Waals surface area contributed by atoms with Gasteiger partial charge in [0.05, 0.1) is 11.7 Å². The van der Waals surface area contributed by atoms with Crippen molar-refractivity contribution < 1.29 is 9.84 Å². The van der Waals surface area contributed by atoms with Crippen molar-refractivity contribution in [1.82, 2.24) is 9.55 Å². The van der Waals surface area contributed by atoms with Crippen LogP contribution in [0.25, 0.3) is 0 Å². The molecule has 0 aliphatic carbocycles. The second-order valence-corrected chi connectivity index (χ2v) is 4.16. The number of aryl methyl sites for hydroxylation is 1. The van der Waals surface area contributed by atoms with Gasteiger partial charge in [0.15, 0.2) is 0 Å². The molecule has 0 fully saturated rings. The molecule has 4 nitrogen and oxygen atoms in total. The van der Waals surface area contributed by atoms with Crippen molar-refractivity contribution in [3.05, 3.63) is 18.2 Å². The minimum absolute atomic E-state index is 0.516. The van der Waals surface area contributed by atoms with Crippen LogP contribution in [0.15, 0.2) is 12.4 Å². The summed E-state index contributed by atoms with van der Waals surface area (Å²) in [5, 5.41) is 9.99. The van der Waals surface area contributed by atoms with Crippen molar-refractivity contribution in [2.24, 2.45) is 0 Å². The summed E-state index contributed by atoms with van der Waals surface area (Å²) < 4.78 is 7.26. The van der Waals surface area contributed by atoms with Crippen molar-refractivity contribution in [1.29, 1.82) is 0 Å². The molecule has 4 heteroatoms. The molecule has 15 heavy (non-hydrogen) atoms. The van der Waals surface area contributed by atoms with Crippen LogP contribution in [0.5, 0.6) is 0 Å². The molecule has 0 spiro atoms. The first-order chi connectivity index (χ1) is 7.01. The van der Waals surface area contributed by atoms with E-state index >= 15 is 0 Å². The summed E-state index contributed by atoms with van der Waals surface area (Å²) in [7, 11) is 1.61. The van der Waals surface area contributed by atoms with E-state index in [0.717, 1.165) is 12.4 Å². The fourth-order valence-electron chi connectivity index (χ4n) is 1.37. The first-order valence-electron chi connectivity index (χ1n) is 5.24. The van der Waals surface area contributed by atoms with Crippen LogP contribution in [0.2, 0.25) is 0 Å². The summed E-state index contributed by atoms with van der Waals surface area (Å²) in [5.74, 6) is 0.898. The zero-order valence-electron chi connectivity index (χ0n) is 9.90. The molecule has 1 atom stereocenters. The lowest BCUT2D eigenvalue weighted by molar-refractivity contribution is -0.0774. The maximum Gasteiger partial charge on any atom is 0.111 e. The highest BCUT2D eigenvalue weighted by Gasteiger charge is 2.28. The van der Waals surface area contributed by atoms with Gasteiger partial charge >= 0.3 is 0 Å². The van der Waals surface area contributed by atoms with Crippen molar-refractivity contribution in [2.45, 2.75) is 45.4 Å². The van der Waals surface area contributed by atoms with E-state index in [2.05, 4.69) is 11.9 Å². The van der Waals surface area contributed by atoms with Gasteiger partial charge in [0.1, 0.15) is 5.82 Å². The van der Waals surface area contributed by atoms with Gasteiger partial charge in [-0.3, -0.25) is 0 Å². The highest BCUT2D eigenvalue weighted by Crippen LogP contribution is 2.17. The summed E-state index contributed by atoms with van der Waals surface area (Å²) >= 11 is 0. The SMILES string of the molecule is CCn1ccnc1CC(O)C(C)(C)OC. The number of hydrogen-bond donors (Lipinski definition) is 1. The predicted octanol–water partition coefficient (Wildman–Crippen LogP) is 1.23. The molecule has 0 bridgehead atoms. The largest absolute Gasteiger partial charge is 0.390 e. The summed E-state index contributed by atoms with van der Waals surface area (Å²) in [6.45, 7) is 6.67. The molecule has 1 aromatic heterocycles. The molecule has 0 aliphatic rings. The molecule has 0 saturated carbocycles.